The second-order valence-corrected chi connectivity index (χ2v) is 3.31. The Morgan fingerprint density at radius 3 is 1.25 bits per heavy atom. The molecule has 0 heterocycles. The van der Waals surface area contributed by atoms with Gasteiger partial charge in [0.25, 0.3) is 0 Å². The van der Waals surface area contributed by atoms with E-state index in [0.717, 1.165) is 0 Å². The maximum absolute atomic E-state index is 8.49. The monoisotopic (exact) mass is 226 g/mol. The molecule has 0 aliphatic carbocycles. The van der Waals surface area contributed by atoms with E-state index in [1.807, 2.05) is 0 Å². The lowest BCUT2D eigenvalue weighted by atomic mass is 10.3. The summed E-state index contributed by atoms with van der Waals surface area (Å²) in [5.74, 6) is 0. The van der Waals surface area contributed by atoms with E-state index in [4.69, 9.17) is 10.4 Å². The molecular weight excluding hydrogens is 208 g/mol. The molecule has 0 radical (unpaired) electrons. The molecular formula is C10H18N4O2. The zero-order chi connectivity index (χ0) is 12.6. The lowest BCUT2D eigenvalue weighted by molar-refractivity contribution is 0.319. The Hall–Kier alpha value is -1.72. The molecule has 0 aromatic heterocycles. The predicted octanol–water partition coefficient (Wildman–Crippen LogP) is 1.61. The van der Waals surface area contributed by atoms with Crippen LogP contribution in [0.2, 0.25) is 0 Å². The van der Waals surface area contributed by atoms with Gasteiger partial charge in [-0.15, -0.1) is 0 Å². The van der Waals surface area contributed by atoms with Crippen LogP contribution in [-0.2, 0) is 0 Å². The summed E-state index contributed by atoms with van der Waals surface area (Å²) in [6.07, 6.45) is 0. The molecule has 0 saturated heterocycles. The van der Waals surface area contributed by atoms with E-state index in [1.165, 1.54) is 0 Å². The van der Waals surface area contributed by atoms with Crippen molar-refractivity contribution in [3.63, 3.8) is 0 Å². The van der Waals surface area contributed by atoms with Gasteiger partial charge in [-0.3, -0.25) is 9.98 Å². The Bertz CT molecular complexity index is 309. The van der Waals surface area contributed by atoms with Gasteiger partial charge in [-0.25, -0.2) is 0 Å². The molecule has 0 amide bonds. The molecule has 0 unspecified atom stereocenters. The molecule has 0 rings (SSSR count). The Morgan fingerprint density at radius 1 is 0.688 bits per heavy atom. The van der Waals surface area contributed by atoms with Gasteiger partial charge in [-0.1, -0.05) is 10.3 Å². The third kappa shape index (κ3) is 5.23. The van der Waals surface area contributed by atoms with Gasteiger partial charge in [0.1, 0.15) is 0 Å². The van der Waals surface area contributed by atoms with E-state index in [2.05, 4.69) is 20.3 Å². The summed E-state index contributed by atoms with van der Waals surface area (Å²) in [7, 11) is 0. The lowest BCUT2D eigenvalue weighted by Crippen LogP contribution is -2.09. The minimum absolute atomic E-state index is 0.494. The second kappa shape index (κ2) is 7.56. The predicted molar refractivity (Wildman–Crippen MR) is 65.7 cm³/mol. The topological polar surface area (TPSA) is 89.9 Å². The van der Waals surface area contributed by atoms with Crippen molar-refractivity contribution in [2.75, 3.05) is 13.1 Å². The molecule has 0 fully saturated rings. The molecule has 6 heteroatoms. The van der Waals surface area contributed by atoms with Crippen LogP contribution in [0.3, 0.4) is 0 Å². The van der Waals surface area contributed by atoms with Gasteiger partial charge in [-0.05, 0) is 27.7 Å². The Kier molecular flexibility index (Phi) is 6.74. The summed E-state index contributed by atoms with van der Waals surface area (Å²) in [4.78, 5) is 8.34. The average Bonchev–Trinajstić information content (AvgIpc) is 2.31. The van der Waals surface area contributed by atoms with Gasteiger partial charge >= 0.3 is 0 Å². The summed E-state index contributed by atoms with van der Waals surface area (Å²) >= 11 is 0. The molecule has 0 aromatic carbocycles. The Labute approximate surface area is 95.1 Å². The van der Waals surface area contributed by atoms with Crippen LogP contribution in [0, 0.1) is 0 Å². The van der Waals surface area contributed by atoms with E-state index in [9.17, 15) is 0 Å². The first-order valence-corrected chi connectivity index (χ1v) is 4.93. The zero-order valence-electron chi connectivity index (χ0n) is 10.1. The van der Waals surface area contributed by atoms with Crippen LogP contribution in [0.25, 0.3) is 0 Å². The van der Waals surface area contributed by atoms with Gasteiger partial charge in [0.15, 0.2) is 0 Å². The van der Waals surface area contributed by atoms with Crippen molar-refractivity contribution < 1.29 is 10.4 Å². The van der Waals surface area contributed by atoms with Crippen LogP contribution in [-0.4, -0.2) is 46.4 Å². The fourth-order valence-corrected chi connectivity index (χ4v) is 0.809. The lowest BCUT2D eigenvalue weighted by Gasteiger charge is -1.98. The Morgan fingerprint density at radius 2 is 1.00 bits per heavy atom. The van der Waals surface area contributed by atoms with Crippen molar-refractivity contribution in [2.24, 2.45) is 20.3 Å². The maximum atomic E-state index is 8.49. The smallest absolute Gasteiger partial charge is 0.0971 e. The van der Waals surface area contributed by atoms with Crippen LogP contribution in [0.15, 0.2) is 20.3 Å². The van der Waals surface area contributed by atoms with E-state index in [1.54, 1.807) is 27.7 Å². The maximum Gasteiger partial charge on any atom is 0.0971 e. The van der Waals surface area contributed by atoms with Gasteiger partial charge < -0.3 is 10.4 Å². The van der Waals surface area contributed by atoms with Crippen LogP contribution < -0.4 is 0 Å². The minimum Gasteiger partial charge on any atom is -0.411 e. The molecule has 0 aliphatic rings. The first-order valence-electron chi connectivity index (χ1n) is 4.93. The molecule has 6 nitrogen and oxygen atoms in total. The number of rotatable bonds is 5. The molecule has 0 bridgehead atoms. The molecule has 0 aromatic rings. The summed E-state index contributed by atoms with van der Waals surface area (Å²) in [6, 6.07) is 0. The molecule has 2 N–H and O–H groups in total. The van der Waals surface area contributed by atoms with Crippen LogP contribution in [0.1, 0.15) is 27.7 Å². The summed E-state index contributed by atoms with van der Waals surface area (Å²) in [5, 5.41) is 23.1. The van der Waals surface area contributed by atoms with Crippen LogP contribution in [0.5, 0.6) is 0 Å². The molecule has 0 saturated carbocycles. The van der Waals surface area contributed by atoms with E-state index in [-0.39, 0.29) is 0 Å². The second-order valence-electron chi connectivity index (χ2n) is 3.31. The van der Waals surface area contributed by atoms with Gasteiger partial charge in [0.05, 0.1) is 35.9 Å². The van der Waals surface area contributed by atoms with Crippen LogP contribution in [0.4, 0.5) is 0 Å². The van der Waals surface area contributed by atoms with Crippen molar-refractivity contribution >= 4 is 22.8 Å². The fourth-order valence-electron chi connectivity index (χ4n) is 0.809. The van der Waals surface area contributed by atoms with E-state index >= 15 is 0 Å². The van der Waals surface area contributed by atoms with Crippen molar-refractivity contribution in [1.82, 2.24) is 0 Å². The normalized spacial score (nSPS) is 15.5. The number of nitrogens with zero attached hydrogens (tertiary/aromatic N) is 4. The van der Waals surface area contributed by atoms with Gasteiger partial charge in [0, 0.05) is 0 Å². The number of oxime groups is 2. The van der Waals surface area contributed by atoms with Gasteiger partial charge in [-0.2, -0.15) is 0 Å². The molecule has 0 atom stereocenters. The molecule has 16 heavy (non-hydrogen) atoms. The molecule has 0 spiro atoms. The highest BCUT2D eigenvalue weighted by molar-refractivity contribution is 6.40. The number of hydrogen-bond acceptors (Lipinski definition) is 6. The first-order chi connectivity index (χ1) is 7.52. The highest BCUT2D eigenvalue weighted by atomic mass is 16.4. The third-order valence-electron chi connectivity index (χ3n) is 2.15. The minimum atomic E-state index is 0.494. The highest BCUT2D eigenvalue weighted by Crippen LogP contribution is 1.87. The van der Waals surface area contributed by atoms with E-state index in [0.29, 0.717) is 35.9 Å². The molecule has 0 aliphatic heterocycles. The zero-order valence-corrected chi connectivity index (χ0v) is 10.1. The van der Waals surface area contributed by atoms with Crippen molar-refractivity contribution in [3.05, 3.63) is 0 Å². The van der Waals surface area contributed by atoms with Crippen molar-refractivity contribution in [2.45, 2.75) is 27.7 Å². The summed E-state index contributed by atoms with van der Waals surface area (Å²) < 4.78 is 0. The number of hydrogen-bond donors (Lipinski definition) is 2. The molecule has 90 valence electrons. The third-order valence-corrected chi connectivity index (χ3v) is 2.15. The first kappa shape index (κ1) is 14.3. The van der Waals surface area contributed by atoms with E-state index < -0.39 is 0 Å². The van der Waals surface area contributed by atoms with Crippen LogP contribution >= 0.6 is 0 Å². The standard InChI is InChI=1S/C10H18N4O2/c1-7(9(3)13-15)11-5-6-12-8(2)10(4)14-16/h15-16H,5-6H2,1-4H3. The quantitative estimate of drug-likeness (QED) is 0.323. The average molecular weight is 226 g/mol. The van der Waals surface area contributed by atoms with Crippen molar-refractivity contribution in [1.29, 1.82) is 0 Å². The fraction of sp³-hybridized carbons (Fsp3) is 0.600. The SMILES string of the molecule is CC(=NO)C(C)=NCCN=C(C)C(C)=NO. The van der Waals surface area contributed by atoms with Gasteiger partial charge in [0.2, 0.25) is 0 Å². The summed E-state index contributed by atoms with van der Waals surface area (Å²) in [6.45, 7) is 7.91. The summed E-state index contributed by atoms with van der Waals surface area (Å²) in [5.41, 5.74) is 2.36. The Balaban J connectivity index is 4.20. The number of aliphatic imine (C=N–C) groups is 2. The largest absolute Gasteiger partial charge is 0.411 e. The highest BCUT2D eigenvalue weighted by Gasteiger charge is 1.97. The van der Waals surface area contributed by atoms with Crippen molar-refractivity contribution in [3.8, 4) is 0 Å².